The van der Waals surface area contributed by atoms with Crippen LogP contribution in [0, 0.1) is 0 Å². The van der Waals surface area contributed by atoms with E-state index in [1.165, 1.54) is 10.9 Å². The number of aromatic amines is 1. The van der Waals surface area contributed by atoms with Crippen LogP contribution in [-0.2, 0) is 17.6 Å². The van der Waals surface area contributed by atoms with Gasteiger partial charge in [0.25, 0.3) is 5.91 Å². The first kappa shape index (κ1) is 16.1. The highest BCUT2D eigenvalue weighted by Crippen LogP contribution is 2.18. The van der Waals surface area contributed by atoms with Gasteiger partial charge in [0, 0.05) is 18.3 Å². The van der Waals surface area contributed by atoms with Gasteiger partial charge < -0.3 is 15.0 Å². The van der Waals surface area contributed by atoms with Crippen molar-refractivity contribution in [1.29, 1.82) is 0 Å². The molecule has 0 fully saturated rings. The molecule has 0 radical (unpaired) electrons. The number of carbonyl (C=O) groups excluding carboxylic acids is 1. The number of aromatic nitrogens is 1. The Kier molecular flexibility index (Phi) is 5.16. The number of aryl methyl sites for hydroxylation is 1. The van der Waals surface area contributed by atoms with Crippen LogP contribution in [0.5, 0.6) is 5.75 Å². The standard InChI is InChI=1S/C20H22N2O2/c1-2-16-5-3-4-6-19(16)24-14-20(23)22-11-9-15-7-8-18-17(13-15)10-12-21-18/h3-8,10,12-13,21H,2,9,11,14H2,1H3,(H,22,23). The average Bonchev–Trinajstić information content (AvgIpc) is 3.08. The van der Waals surface area contributed by atoms with E-state index in [9.17, 15) is 4.79 Å². The fraction of sp³-hybridized carbons (Fsp3) is 0.250. The van der Waals surface area contributed by atoms with Crippen molar-refractivity contribution in [2.75, 3.05) is 13.2 Å². The maximum Gasteiger partial charge on any atom is 0.257 e. The second-order valence-electron chi connectivity index (χ2n) is 5.75. The Morgan fingerprint density at radius 3 is 2.92 bits per heavy atom. The van der Waals surface area contributed by atoms with Crippen molar-refractivity contribution in [1.82, 2.24) is 10.3 Å². The molecule has 4 heteroatoms. The highest BCUT2D eigenvalue weighted by Gasteiger charge is 2.05. The lowest BCUT2D eigenvalue weighted by atomic mass is 10.1. The van der Waals surface area contributed by atoms with Crippen molar-refractivity contribution in [2.24, 2.45) is 0 Å². The molecule has 0 unspecified atom stereocenters. The highest BCUT2D eigenvalue weighted by atomic mass is 16.5. The van der Waals surface area contributed by atoms with Gasteiger partial charge in [-0.3, -0.25) is 4.79 Å². The molecule has 0 aliphatic heterocycles. The zero-order chi connectivity index (χ0) is 16.8. The van der Waals surface area contributed by atoms with Crippen molar-refractivity contribution < 1.29 is 9.53 Å². The number of H-pyrrole nitrogens is 1. The van der Waals surface area contributed by atoms with Crippen LogP contribution in [0.1, 0.15) is 18.1 Å². The van der Waals surface area contributed by atoms with Gasteiger partial charge in [-0.25, -0.2) is 0 Å². The third kappa shape index (κ3) is 3.96. The average molecular weight is 322 g/mol. The van der Waals surface area contributed by atoms with Crippen LogP contribution >= 0.6 is 0 Å². The Bertz CT molecular complexity index is 823. The van der Waals surface area contributed by atoms with Crippen LogP contribution in [0.3, 0.4) is 0 Å². The third-order valence-corrected chi connectivity index (χ3v) is 4.07. The second kappa shape index (κ2) is 7.68. The Morgan fingerprint density at radius 1 is 1.17 bits per heavy atom. The minimum atomic E-state index is -0.0939. The van der Waals surface area contributed by atoms with E-state index in [0.717, 1.165) is 29.7 Å². The minimum absolute atomic E-state index is 0.0495. The molecule has 0 spiro atoms. The molecular formula is C20H22N2O2. The van der Waals surface area contributed by atoms with Crippen molar-refractivity contribution in [3.63, 3.8) is 0 Å². The zero-order valence-electron chi connectivity index (χ0n) is 13.8. The van der Waals surface area contributed by atoms with Crippen LogP contribution in [-0.4, -0.2) is 24.0 Å². The van der Waals surface area contributed by atoms with Gasteiger partial charge in [-0.1, -0.05) is 31.2 Å². The van der Waals surface area contributed by atoms with Crippen LogP contribution in [0.2, 0.25) is 0 Å². The molecule has 0 aliphatic rings. The van der Waals surface area contributed by atoms with E-state index in [0.29, 0.717) is 6.54 Å². The van der Waals surface area contributed by atoms with Crippen LogP contribution in [0.25, 0.3) is 10.9 Å². The molecule has 24 heavy (non-hydrogen) atoms. The molecule has 1 amide bonds. The van der Waals surface area contributed by atoms with Gasteiger partial charge in [-0.05, 0) is 53.6 Å². The molecule has 0 bridgehead atoms. The van der Waals surface area contributed by atoms with Crippen molar-refractivity contribution in [3.8, 4) is 5.75 Å². The SMILES string of the molecule is CCc1ccccc1OCC(=O)NCCc1ccc2[nH]ccc2c1. The normalized spacial score (nSPS) is 10.7. The lowest BCUT2D eigenvalue weighted by Crippen LogP contribution is -2.30. The van der Waals surface area contributed by atoms with E-state index in [-0.39, 0.29) is 12.5 Å². The molecule has 1 heterocycles. The summed E-state index contributed by atoms with van der Waals surface area (Å²) in [6, 6.07) is 16.2. The van der Waals surface area contributed by atoms with E-state index in [4.69, 9.17) is 4.74 Å². The molecule has 3 aromatic rings. The minimum Gasteiger partial charge on any atom is -0.483 e. The molecule has 124 valence electrons. The molecule has 1 aromatic heterocycles. The van der Waals surface area contributed by atoms with Crippen molar-refractivity contribution >= 4 is 16.8 Å². The van der Waals surface area contributed by atoms with Gasteiger partial charge >= 0.3 is 0 Å². The summed E-state index contributed by atoms with van der Waals surface area (Å²) in [6.45, 7) is 2.73. The monoisotopic (exact) mass is 322 g/mol. The number of ether oxygens (including phenoxy) is 1. The first-order valence-electron chi connectivity index (χ1n) is 8.29. The number of nitrogens with one attached hydrogen (secondary N) is 2. The van der Waals surface area contributed by atoms with E-state index in [1.54, 1.807) is 0 Å². The third-order valence-electron chi connectivity index (χ3n) is 4.07. The summed E-state index contributed by atoms with van der Waals surface area (Å²) in [5.41, 5.74) is 3.45. The van der Waals surface area contributed by atoms with E-state index >= 15 is 0 Å². The first-order chi connectivity index (χ1) is 11.8. The molecule has 0 atom stereocenters. The molecule has 3 rings (SSSR count). The van der Waals surface area contributed by atoms with Gasteiger partial charge in [-0.2, -0.15) is 0 Å². The zero-order valence-corrected chi connectivity index (χ0v) is 13.8. The summed E-state index contributed by atoms with van der Waals surface area (Å²) in [5.74, 6) is 0.691. The largest absolute Gasteiger partial charge is 0.483 e. The fourth-order valence-corrected chi connectivity index (χ4v) is 2.74. The van der Waals surface area contributed by atoms with E-state index in [2.05, 4.69) is 41.5 Å². The van der Waals surface area contributed by atoms with E-state index < -0.39 is 0 Å². The second-order valence-corrected chi connectivity index (χ2v) is 5.75. The molecule has 0 aliphatic carbocycles. The summed E-state index contributed by atoms with van der Waals surface area (Å²) < 4.78 is 5.62. The Morgan fingerprint density at radius 2 is 2.04 bits per heavy atom. The van der Waals surface area contributed by atoms with E-state index in [1.807, 2.05) is 30.5 Å². The van der Waals surface area contributed by atoms with Gasteiger partial charge in [0.15, 0.2) is 6.61 Å². The Labute approximate surface area is 141 Å². The Balaban J connectivity index is 1.45. The fourth-order valence-electron chi connectivity index (χ4n) is 2.74. The summed E-state index contributed by atoms with van der Waals surface area (Å²) in [4.78, 5) is 15.1. The Hall–Kier alpha value is -2.75. The maximum absolute atomic E-state index is 11.9. The smallest absolute Gasteiger partial charge is 0.257 e. The number of fused-ring (bicyclic) bond motifs is 1. The number of amides is 1. The number of carbonyl (C=O) groups is 1. The van der Waals surface area contributed by atoms with Gasteiger partial charge in [0.2, 0.25) is 0 Å². The van der Waals surface area contributed by atoms with Gasteiger partial charge in [-0.15, -0.1) is 0 Å². The lowest BCUT2D eigenvalue weighted by Gasteiger charge is -2.10. The summed E-state index contributed by atoms with van der Waals surface area (Å²) in [7, 11) is 0. The molecule has 0 saturated carbocycles. The highest BCUT2D eigenvalue weighted by molar-refractivity contribution is 5.80. The molecular weight excluding hydrogens is 300 g/mol. The predicted octanol–water partition coefficient (Wildman–Crippen LogP) is 3.47. The summed E-state index contributed by atoms with van der Waals surface area (Å²) in [5, 5.41) is 4.10. The number of rotatable bonds is 7. The van der Waals surface area contributed by atoms with Gasteiger partial charge in [0.1, 0.15) is 5.75 Å². The number of hydrogen-bond acceptors (Lipinski definition) is 2. The maximum atomic E-state index is 11.9. The molecule has 2 N–H and O–H groups in total. The molecule has 2 aromatic carbocycles. The van der Waals surface area contributed by atoms with Crippen molar-refractivity contribution in [3.05, 3.63) is 65.9 Å². The van der Waals surface area contributed by atoms with Gasteiger partial charge in [0.05, 0.1) is 0 Å². The van der Waals surface area contributed by atoms with Crippen LogP contribution in [0.15, 0.2) is 54.7 Å². The van der Waals surface area contributed by atoms with Crippen LogP contribution in [0.4, 0.5) is 0 Å². The van der Waals surface area contributed by atoms with Crippen molar-refractivity contribution in [2.45, 2.75) is 19.8 Å². The number of para-hydroxylation sites is 1. The lowest BCUT2D eigenvalue weighted by molar-refractivity contribution is -0.123. The topological polar surface area (TPSA) is 54.1 Å². The quantitative estimate of drug-likeness (QED) is 0.700. The number of hydrogen-bond donors (Lipinski definition) is 2. The summed E-state index contributed by atoms with van der Waals surface area (Å²) >= 11 is 0. The molecule has 4 nitrogen and oxygen atoms in total. The first-order valence-corrected chi connectivity index (χ1v) is 8.29. The predicted molar refractivity (Wildman–Crippen MR) is 96.3 cm³/mol. The number of benzene rings is 2. The van der Waals surface area contributed by atoms with Crippen LogP contribution < -0.4 is 10.1 Å². The summed E-state index contributed by atoms with van der Waals surface area (Å²) in [6.07, 6.45) is 3.62. The molecule has 0 saturated heterocycles.